The molecule has 0 saturated heterocycles. The molecule has 0 fully saturated rings. The van der Waals surface area contributed by atoms with Gasteiger partial charge >= 0.3 is 0 Å². The number of halogens is 2. The van der Waals surface area contributed by atoms with Crippen molar-refractivity contribution in [2.45, 2.75) is 0 Å². The van der Waals surface area contributed by atoms with Crippen LogP contribution >= 0.6 is 34.2 Å². The van der Waals surface area contributed by atoms with Gasteiger partial charge in [0, 0.05) is 29.6 Å². The van der Waals surface area contributed by atoms with Crippen molar-refractivity contribution in [1.29, 1.82) is 0 Å². The van der Waals surface area contributed by atoms with Gasteiger partial charge in [-0.2, -0.15) is 8.80 Å². The standard InChI is InChI=1S/C4H9ClN2O2S.C4H9IN2O2S.H2/c2*1-7(2)4-6-10(8,9)3-5;/h2*4H,3H2,1-2H3;1H. The van der Waals surface area contributed by atoms with Gasteiger partial charge in [-0.05, 0) is 0 Å². The van der Waals surface area contributed by atoms with Gasteiger partial charge in [0.2, 0.25) is 0 Å². The molecule has 122 valence electrons. The molecule has 20 heavy (non-hydrogen) atoms. The first-order valence-corrected chi connectivity index (χ1v) is 10.2. The van der Waals surface area contributed by atoms with Gasteiger partial charge in [-0.3, -0.25) is 0 Å². The molecule has 0 aromatic carbocycles. The van der Waals surface area contributed by atoms with Crippen molar-refractivity contribution >= 4 is 66.9 Å². The molecule has 0 amide bonds. The highest BCUT2D eigenvalue weighted by Gasteiger charge is 2.02. The normalized spacial score (nSPS) is 12.3. The van der Waals surface area contributed by atoms with E-state index in [0.717, 1.165) is 0 Å². The topological polar surface area (TPSA) is 99.5 Å². The number of hydrogen-bond donors (Lipinski definition) is 0. The highest BCUT2D eigenvalue weighted by atomic mass is 127. The molecule has 0 N–H and O–H groups in total. The molecule has 0 aliphatic rings. The highest BCUT2D eigenvalue weighted by molar-refractivity contribution is 14.1. The summed E-state index contributed by atoms with van der Waals surface area (Å²) in [6.07, 6.45) is 2.46. The summed E-state index contributed by atoms with van der Waals surface area (Å²) in [7, 11) is 0.155. The van der Waals surface area contributed by atoms with Gasteiger partial charge < -0.3 is 9.80 Å². The van der Waals surface area contributed by atoms with Crippen LogP contribution in [-0.2, 0) is 20.0 Å². The van der Waals surface area contributed by atoms with E-state index in [1.165, 1.54) is 17.6 Å². The van der Waals surface area contributed by atoms with Gasteiger partial charge in [-0.15, -0.1) is 11.6 Å². The molecular weight excluding hydrogens is 443 g/mol. The van der Waals surface area contributed by atoms with E-state index in [9.17, 15) is 16.8 Å². The summed E-state index contributed by atoms with van der Waals surface area (Å²) in [6, 6.07) is 0. The summed E-state index contributed by atoms with van der Waals surface area (Å²) in [4.78, 5) is 3.09. The number of hydrogen-bond acceptors (Lipinski definition) is 4. The van der Waals surface area contributed by atoms with Crippen LogP contribution in [0.15, 0.2) is 8.80 Å². The van der Waals surface area contributed by atoms with E-state index in [4.69, 9.17) is 11.6 Å². The molecule has 12 heteroatoms. The molecular formula is C8H20ClIN4O4S2. The van der Waals surface area contributed by atoms with Crippen molar-refractivity contribution in [2.24, 2.45) is 8.80 Å². The maximum Gasteiger partial charge on any atom is 0.268 e. The molecule has 0 radical (unpaired) electrons. The minimum Gasteiger partial charge on any atom is -0.368 e. The Balaban J connectivity index is -0.000000295. The Hall–Kier alpha value is -0.140. The van der Waals surface area contributed by atoms with Crippen LogP contribution in [0.4, 0.5) is 0 Å². The lowest BCUT2D eigenvalue weighted by Gasteiger charge is -2.00. The second-order valence-electron chi connectivity index (χ2n) is 3.75. The van der Waals surface area contributed by atoms with Gasteiger partial charge in [0.05, 0.1) is 0 Å². The second-order valence-corrected chi connectivity index (χ2v) is 9.46. The van der Waals surface area contributed by atoms with Crippen molar-refractivity contribution in [2.75, 3.05) is 37.2 Å². The van der Waals surface area contributed by atoms with Crippen LogP contribution in [0.1, 0.15) is 1.43 Å². The van der Waals surface area contributed by atoms with E-state index < -0.39 is 25.3 Å². The molecule has 0 saturated carbocycles. The lowest BCUT2D eigenvalue weighted by Crippen LogP contribution is -2.10. The van der Waals surface area contributed by atoms with Crippen molar-refractivity contribution in [3.05, 3.63) is 0 Å². The average molecular weight is 463 g/mol. The molecule has 0 rings (SSSR count). The molecule has 0 atom stereocenters. The Kier molecular flexibility index (Phi) is 11.7. The Morgan fingerprint density at radius 2 is 1.35 bits per heavy atom. The quantitative estimate of drug-likeness (QED) is 0.249. The first-order valence-electron chi connectivity index (χ1n) is 4.97. The number of nitrogens with zero attached hydrogens (tertiary/aromatic N) is 4. The van der Waals surface area contributed by atoms with Crippen LogP contribution in [0.25, 0.3) is 0 Å². The van der Waals surface area contributed by atoms with Crippen molar-refractivity contribution in [3.8, 4) is 0 Å². The predicted molar refractivity (Wildman–Crippen MR) is 93.9 cm³/mol. The smallest absolute Gasteiger partial charge is 0.268 e. The minimum absolute atomic E-state index is 0. The Morgan fingerprint density at radius 1 is 1.00 bits per heavy atom. The lowest BCUT2D eigenvalue weighted by molar-refractivity contribution is 0.597. The first-order chi connectivity index (χ1) is 8.95. The molecule has 0 bridgehead atoms. The highest BCUT2D eigenvalue weighted by Crippen LogP contribution is 1.96. The Bertz CT molecular complexity index is 474. The zero-order chi connectivity index (χ0) is 16.4. The monoisotopic (exact) mass is 462 g/mol. The summed E-state index contributed by atoms with van der Waals surface area (Å²) < 4.78 is 49.0. The third kappa shape index (κ3) is 15.9. The average Bonchev–Trinajstić information content (AvgIpc) is 2.35. The van der Waals surface area contributed by atoms with E-state index in [-0.39, 0.29) is 5.19 Å². The van der Waals surface area contributed by atoms with E-state index in [1.807, 2.05) is 0 Å². The van der Waals surface area contributed by atoms with Crippen LogP contribution in [-0.4, -0.2) is 76.5 Å². The van der Waals surface area contributed by atoms with E-state index in [1.54, 1.807) is 55.7 Å². The fourth-order valence-corrected chi connectivity index (χ4v) is 1.82. The first kappa shape index (κ1) is 22.1. The number of rotatable bonds is 6. The molecule has 0 aliphatic heterocycles. The third-order valence-electron chi connectivity index (χ3n) is 1.15. The fraction of sp³-hybridized carbons (Fsp3) is 0.750. The van der Waals surface area contributed by atoms with E-state index >= 15 is 0 Å². The summed E-state index contributed by atoms with van der Waals surface area (Å²) in [5, 5.41) is -0.475. The van der Waals surface area contributed by atoms with Gasteiger partial charge in [0.15, 0.2) is 0 Å². The molecule has 8 nitrogen and oxygen atoms in total. The number of sulfonamides is 2. The molecule has 0 heterocycles. The van der Waals surface area contributed by atoms with Crippen LogP contribution in [0.5, 0.6) is 0 Å². The zero-order valence-corrected chi connectivity index (χ0v) is 16.1. The van der Waals surface area contributed by atoms with Crippen molar-refractivity contribution in [3.63, 3.8) is 0 Å². The summed E-state index contributed by atoms with van der Waals surface area (Å²) in [5.74, 6) is 0. The van der Waals surface area contributed by atoms with Gasteiger partial charge in [-0.25, -0.2) is 16.8 Å². The molecule has 0 aromatic rings. The summed E-state index contributed by atoms with van der Waals surface area (Å²) in [6.45, 7) is 0. The maximum atomic E-state index is 10.7. The minimum atomic E-state index is -3.42. The zero-order valence-electron chi connectivity index (χ0n) is 11.6. The third-order valence-corrected chi connectivity index (χ3v) is 5.72. The van der Waals surface area contributed by atoms with Gasteiger partial charge in [-0.1, -0.05) is 22.6 Å². The van der Waals surface area contributed by atoms with Crippen LogP contribution in [0, 0.1) is 0 Å². The Morgan fingerprint density at radius 3 is 1.60 bits per heavy atom. The van der Waals surface area contributed by atoms with Gasteiger partial charge in [0.25, 0.3) is 20.0 Å². The van der Waals surface area contributed by atoms with Crippen LogP contribution < -0.4 is 0 Å². The molecule has 0 aliphatic carbocycles. The van der Waals surface area contributed by atoms with E-state index in [2.05, 4.69) is 8.80 Å². The largest absolute Gasteiger partial charge is 0.368 e. The van der Waals surface area contributed by atoms with Crippen molar-refractivity contribution in [1.82, 2.24) is 9.80 Å². The SMILES string of the molecule is CN(C)C=NS(=O)(=O)CCl.CN(C)C=NS(=O)(=O)CI.[HH]. The fourth-order valence-electron chi connectivity index (χ4n) is 0.389. The van der Waals surface area contributed by atoms with Crippen molar-refractivity contribution < 1.29 is 18.3 Å². The summed E-state index contributed by atoms with van der Waals surface area (Å²) >= 11 is 6.81. The summed E-state index contributed by atoms with van der Waals surface area (Å²) in [5.41, 5.74) is 0. The van der Waals surface area contributed by atoms with Crippen LogP contribution in [0.2, 0.25) is 0 Å². The predicted octanol–water partition coefficient (Wildman–Crippen LogP) is 0.647. The lowest BCUT2D eigenvalue weighted by atomic mass is 11.0. The number of alkyl halides is 2. The maximum absolute atomic E-state index is 10.7. The molecule has 0 unspecified atom stereocenters. The Labute approximate surface area is 140 Å². The van der Waals surface area contributed by atoms with E-state index in [0.29, 0.717) is 0 Å². The molecule has 0 aromatic heterocycles. The second kappa shape index (κ2) is 10.6. The van der Waals surface area contributed by atoms with Crippen LogP contribution in [0.3, 0.4) is 0 Å². The molecule has 0 spiro atoms. The van der Waals surface area contributed by atoms with Gasteiger partial charge in [0.1, 0.15) is 21.6 Å².